The summed E-state index contributed by atoms with van der Waals surface area (Å²) >= 11 is 5.53. The van der Waals surface area contributed by atoms with Crippen LogP contribution in [0.5, 0.6) is 5.75 Å². The summed E-state index contributed by atoms with van der Waals surface area (Å²) in [6, 6.07) is 4.90. The Hall–Kier alpha value is -1.27. The van der Waals surface area contributed by atoms with Gasteiger partial charge >= 0.3 is 0 Å². The van der Waals surface area contributed by atoms with Crippen molar-refractivity contribution in [3.05, 3.63) is 28.5 Å². The van der Waals surface area contributed by atoms with Crippen molar-refractivity contribution >= 4 is 11.6 Å². The van der Waals surface area contributed by atoms with Gasteiger partial charge in [-0.25, -0.2) is 4.39 Å². The molecule has 0 atom stereocenters. The quantitative estimate of drug-likeness (QED) is 0.734. The van der Waals surface area contributed by atoms with Crippen LogP contribution in [0.3, 0.4) is 0 Å². The molecule has 0 saturated carbocycles. The molecule has 0 unspecified atom stereocenters. The van der Waals surface area contributed by atoms with Crippen LogP contribution in [0.1, 0.15) is 5.56 Å². The molecule has 0 radical (unpaired) electrons. The molecule has 4 heteroatoms. The van der Waals surface area contributed by atoms with Crippen LogP contribution in [0.4, 0.5) is 4.39 Å². The Balaban J connectivity index is 3.23. The van der Waals surface area contributed by atoms with Gasteiger partial charge in [-0.05, 0) is 6.07 Å². The molecule has 0 heterocycles. The highest BCUT2D eigenvalue weighted by Gasteiger charge is 2.11. The zero-order valence-electron chi connectivity index (χ0n) is 6.97. The van der Waals surface area contributed by atoms with Gasteiger partial charge in [-0.3, -0.25) is 0 Å². The van der Waals surface area contributed by atoms with E-state index in [1.54, 1.807) is 6.07 Å². The van der Waals surface area contributed by atoms with Gasteiger partial charge in [-0.1, -0.05) is 17.7 Å². The summed E-state index contributed by atoms with van der Waals surface area (Å²) in [6.45, 7) is 0. The lowest BCUT2D eigenvalue weighted by Gasteiger charge is -2.07. The lowest BCUT2D eigenvalue weighted by Crippen LogP contribution is -1.95. The molecule has 0 aliphatic rings. The second-order valence-electron chi connectivity index (χ2n) is 2.39. The van der Waals surface area contributed by atoms with Gasteiger partial charge in [0.25, 0.3) is 0 Å². The van der Waals surface area contributed by atoms with E-state index in [9.17, 15) is 4.39 Å². The van der Waals surface area contributed by atoms with Crippen LogP contribution in [0.25, 0.3) is 0 Å². The standard InChI is InChI=1S/C9H7ClFNO/c1-13-9-6(4-5-12)2-3-7(10)8(9)11/h2-3H,4H2,1H3. The van der Waals surface area contributed by atoms with Crippen LogP contribution in [0, 0.1) is 17.1 Å². The average molecular weight is 200 g/mol. The number of rotatable bonds is 2. The average Bonchev–Trinajstić information content (AvgIpc) is 2.12. The van der Waals surface area contributed by atoms with Crippen molar-refractivity contribution in [2.45, 2.75) is 6.42 Å². The first kappa shape index (κ1) is 9.82. The molecule has 2 nitrogen and oxygen atoms in total. The number of ether oxygens (including phenoxy) is 1. The number of benzene rings is 1. The summed E-state index contributed by atoms with van der Waals surface area (Å²) in [5, 5.41) is 8.44. The molecule has 13 heavy (non-hydrogen) atoms. The highest BCUT2D eigenvalue weighted by atomic mass is 35.5. The minimum atomic E-state index is -0.614. The van der Waals surface area contributed by atoms with Crippen molar-refractivity contribution in [3.63, 3.8) is 0 Å². The second-order valence-corrected chi connectivity index (χ2v) is 2.80. The van der Waals surface area contributed by atoms with Gasteiger partial charge in [0.15, 0.2) is 11.6 Å². The van der Waals surface area contributed by atoms with Crippen molar-refractivity contribution in [2.24, 2.45) is 0 Å². The van der Waals surface area contributed by atoms with Gasteiger partial charge in [0, 0.05) is 5.56 Å². The van der Waals surface area contributed by atoms with Crippen molar-refractivity contribution < 1.29 is 9.13 Å². The molecule has 1 aromatic rings. The number of nitriles is 1. The maximum atomic E-state index is 13.2. The molecular formula is C9H7ClFNO. The van der Waals surface area contributed by atoms with Crippen molar-refractivity contribution in [2.75, 3.05) is 7.11 Å². The summed E-state index contributed by atoms with van der Waals surface area (Å²) in [5.41, 5.74) is 0.506. The molecule has 0 aliphatic heterocycles. The normalized spacial score (nSPS) is 9.38. The monoisotopic (exact) mass is 199 g/mol. The lowest BCUT2D eigenvalue weighted by atomic mass is 10.1. The van der Waals surface area contributed by atoms with E-state index in [2.05, 4.69) is 0 Å². The first-order chi connectivity index (χ1) is 6.20. The predicted octanol–water partition coefficient (Wildman–Crippen LogP) is 2.55. The Bertz CT molecular complexity index is 359. The van der Waals surface area contributed by atoms with Gasteiger partial charge in [0.05, 0.1) is 24.6 Å². The maximum absolute atomic E-state index is 13.2. The van der Waals surface area contributed by atoms with E-state index in [4.69, 9.17) is 21.6 Å². The topological polar surface area (TPSA) is 33.0 Å². The molecule has 0 N–H and O–H groups in total. The van der Waals surface area contributed by atoms with Gasteiger partial charge in [0.2, 0.25) is 0 Å². The molecule has 0 spiro atoms. The van der Waals surface area contributed by atoms with E-state index in [-0.39, 0.29) is 17.2 Å². The molecule has 0 bridgehead atoms. The molecule has 0 aliphatic carbocycles. The van der Waals surface area contributed by atoms with E-state index in [1.807, 2.05) is 6.07 Å². The molecule has 0 saturated heterocycles. The third kappa shape index (κ3) is 1.90. The number of nitrogens with zero attached hydrogens (tertiary/aromatic N) is 1. The molecule has 1 rings (SSSR count). The first-order valence-electron chi connectivity index (χ1n) is 3.58. The fraction of sp³-hybridized carbons (Fsp3) is 0.222. The van der Waals surface area contributed by atoms with Crippen LogP contribution in [-0.4, -0.2) is 7.11 Å². The van der Waals surface area contributed by atoms with E-state index >= 15 is 0 Å². The Kier molecular flexibility index (Phi) is 3.10. The third-order valence-electron chi connectivity index (χ3n) is 1.61. The molecule has 68 valence electrons. The van der Waals surface area contributed by atoms with Crippen molar-refractivity contribution in [3.8, 4) is 11.8 Å². The van der Waals surface area contributed by atoms with Gasteiger partial charge in [0.1, 0.15) is 0 Å². The largest absolute Gasteiger partial charge is 0.493 e. The van der Waals surface area contributed by atoms with Crippen LogP contribution < -0.4 is 4.74 Å². The fourth-order valence-electron chi connectivity index (χ4n) is 1.02. The summed E-state index contributed by atoms with van der Waals surface area (Å²) in [4.78, 5) is 0. The predicted molar refractivity (Wildman–Crippen MR) is 47.3 cm³/mol. The third-order valence-corrected chi connectivity index (χ3v) is 1.90. The van der Waals surface area contributed by atoms with Crippen LogP contribution in [0.2, 0.25) is 5.02 Å². The molecule has 0 aromatic heterocycles. The molecule has 1 aromatic carbocycles. The van der Waals surface area contributed by atoms with Gasteiger partial charge < -0.3 is 4.74 Å². The fourth-order valence-corrected chi connectivity index (χ4v) is 1.17. The zero-order chi connectivity index (χ0) is 9.84. The van der Waals surface area contributed by atoms with Crippen LogP contribution >= 0.6 is 11.6 Å². The van der Waals surface area contributed by atoms with Crippen molar-refractivity contribution in [1.29, 1.82) is 5.26 Å². The minimum absolute atomic E-state index is 0.00135. The van der Waals surface area contributed by atoms with E-state index in [0.29, 0.717) is 5.56 Å². The Morgan fingerprint density at radius 1 is 1.62 bits per heavy atom. The number of hydrogen-bond donors (Lipinski definition) is 0. The summed E-state index contributed by atoms with van der Waals surface area (Å²) in [5.74, 6) is -0.564. The Morgan fingerprint density at radius 3 is 2.85 bits per heavy atom. The summed E-state index contributed by atoms with van der Waals surface area (Å²) < 4.78 is 18.0. The Labute approximate surface area is 80.5 Å². The molecule has 0 amide bonds. The van der Waals surface area contributed by atoms with Gasteiger partial charge in [-0.15, -0.1) is 0 Å². The van der Waals surface area contributed by atoms with Gasteiger partial charge in [-0.2, -0.15) is 5.26 Å². The smallest absolute Gasteiger partial charge is 0.183 e. The number of hydrogen-bond acceptors (Lipinski definition) is 2. The maximum Gasteiger partial charge on any atom is 0.183 e. The Morgan fingerprint density at radius 2 is 2.31 bits per heavy atom. The molecular weight excluding hydrogens is 193 g/mol. The summed E-state index contributed by atoms with van der Waals surface area (Å²) in [7, 11) is 1.34. The molecule has 0 fully saturated rings. The highest BCUT2D eigenvalue weighted by Crippen LogP contribution is 2.28. The van der Waals surface area contributed by atoms with Crippen LogP contribution in [-0.2, 0) is 6.42 Å². The second kappa shape index (κ2) is 4.11. The summed E-state index contributed by atoms with van der Waals surface area (Å²) in [6.07, 6.45) is 0.108. The zero-order valence-corrected chi connectivity index (χ0v) is 7.73. The highest BCUT2D eigenvalue weighted by molar-refractivity contribution is 6.30. The van der Waals surface area contributed by atoms with Crippen LogP contribution in [0.15, 0.2) is 12.1 Å². The minimum Gasteiger partial charge on any atom is -0.493 e. The van der Waals surface area contributed by atoms with Crippen molar-refractivity contribution in [1.82, 2.24) is 0 Å². The first-order valence-corrected chi connectivity index (χ1v) is 3.96. The number of methoxy groups -OCH3 is 1. The lowest BCUT2D eigenvalue weighted by molar-refractivity contribution is 0.382. The van der Waals surface area contributed by atoms with E-state index in [0.717, 1.165) is 0 Å². The SMILES string of the molecule is COc1c(CC#N)ccc(Cl)c1F. The van der Waals surface area contributed by atoms with E-state index < -0.39 is 5.82 Å². The van der Waals surface area contributed by atoms with E-state index in [1.165, 1.54) is 13.2 Å². The number of halogens is 2.